The van der Waals surface area contributed by atoms with Gasteiger partial charge < -0.3 is 10.2 Å². The fraction of sp³-hybridized carbons (Fsp3) is 0.360. The Morgan fingerprint density at radius 1 is 1.23 bits per heavy atom. The molecular formula is C25H29N3OS. The Hall–Kier alpha value is -2.53. The quantitative estimate of drug-likeness (QED) is 0.615. The summed E-state index contributed by atoms with van der Waals surface area (Å²) in [6, 6.07) is 12.6. The van der Waals surface area contributed by atoms with Gasteiger partial charge in [-0.2, -0.15) is 0 Å². The van der Waals surface area contributed by atoms with Gasteiger partial charge in [0, 0.05) is 18.3 Å². The predicted molar refractivity (Wildman–Crippen MR) is 129 cm³/mol. The number of nitrogens with zero attached hydrogens (tertiary/aromatic N) is 2. The van der Waals surface area contributed by atoms with Crippen LogP contribution in [0.2, 0.25) is 0 Å². The van der Waals surface area contributed by atoms with Crippen molar-refractivity contribution in [3.05, 3.63) is 63.6 Å². The van der Waals surface area contributed by atoms with E-state index in [9.17, 15) is 4.79 Å². The van der Waals surface area contributed by atoms with E-state index in [2.05, 4.69) is 81.1 Å². The lowest BCUT2D eigenvalue weighted by atomic mass is 9.80. The van der Waals surface area contributed by atoms with Crippen molar-refractivity contribution >= 4 is 40.3 Å². The molecule has 2 aromatic carbocycles. The first-order valence-electron chi connectivity index (χ1n) is 10.4. The minimum atomic E-state index is -0.0897. The highest BCUT2D eigenvalue weighted by Gasteiger charge is 2.34. The van der Waals surface area contributed by atoms with E-state index in [0.717, 1.165) is 23.2 Å². The number of hydrogen-bond acceptors (Lipinski definition) is 4. The van der Waals surface area contributed by atoms with Crippen LogP contribution in [-0.2, 0) is 4.79 Å². The molecular weight excluding hydrogens is 390 g/mol. The van der Waals surface area contributed by atoms with E-state index >= 15 is 0 Å². The van der Waals surface area contributed by atoms with E-state index in [4.69, 9.17) is 0 Å². The molecule has 1 unspecified atom stereocenters. The van der Waals surface area contributed by atoms with Gasteiger partial charge in [-0.25, -0.2) is 4.99 Å². The Morgan fingerprint density at radius 3 is 2.77 bits per heavy atom. The molecule has 1 N–H and O–H groups in total. The molecule has 1 saturated heterocycles. The number of aliphatic imine (C=N–C) groups is 1. The van der Waals surface area contributed by atoms with Crippen molar-refractivity contribution in [2.24, 2.45) is 4.99 Å². The van der Waals surface area contributed by atoms with Crippen LogP contribution in [0.1, 0.15) is 55.4 Å². The highest BCUT2D eigenvalue weighted by Crippen LogP contribution is 2.43. The lowest BCUT2D eigenvalue weighted by molar-refractivity contribution is -0.115. The molecule has 1 amide bonds. The third kappa shape index (κ3) is 3.79. The maximum atomic E-state index is 12.5. The van der Waals surface area contributed by atoms with Crippen molar-refractivity contribution in [3.8, 4) is 0 Å². The summed E-state index contributed by atoms with van der Waals surface area (Å²) in [6.45, 7) is 11.0. The van der Waals surface area contributed by atoms with Crippen molar-refractivity contribution in [3.63, 3.8) is 0 Å². The number of hydrogen-bond donors (Lipinski definition) is 1. The first kappa shape index (κ1) is 20.7. The van der Waals surface area contributed by atoms with Crippen LogP contribution in [0, 0.1) is 13.8 Å². The number of rotatable bonds is 2. The molecule has 0 aromatic heterocycles. The molecule has 30 heavy (non-hydrogen) atoms. The number of benzene rings is 2. The zero-order valence-electron chi connectivity index (χ0n) is 18.5. The molecule has 0 bridgehead atoms. The minimum Gasteiger partial charge on any atom is -0.369 e. The predicted octanol–water partition coefficient (Wildman–Crippen LogP) is 5.92. The second-order valence-corrected chi connectivity index (χ2v) is 10.0. The molecule has 1 fully saturated rings. The lowest BCUT2D eigenvalue weighted by Gasteiger charge is -2.45. The molecule has 0 radical (unpaired) electrons. The van der Waals surface area contributed by atoms with Gasteiger partial charge in [-0.1, -0.05) is 25.1 Å². The van der Waals surface area contributed by atoms with E-state index in [1.807, 2.05) is 18.2 Å². The van der Waals surface area contributed by atoms with Gasteiger partial charge in [-0.15, -0.1) is 0 Å². The van der Waals surface area contributed by atoms with Crippen LogP contribution in [-0.4, -0.2) is 23.7 Å². The normalized spacial score (nSPS) is 23.1. The summed E-state index contributed by atoms with van der Waals surface area (Å²) in [5.41, 5.74) is 7.05. The topological polar surface area (TPSA) is 44.7 Å². The number of aryl methyl sites for hydroxylation is 1. The highest BCUT2D eigenvalue weighted by atomic mass is 32.2. The second-order valence-electron chi connectivity index (χ2n) is 9.00. The Morgan fingerprint density at radius 2 is 2.00 bits per heavy atom. The molecule has 0 aliphatic carbocycles. The fourth-order valence-corrected chi connectivity index (χ4v) is 5.12. The SMILES string of the molecule is Cc1cccc(N=C2NC(=O)/C(=C\c3ccc4c(c3)C(C)CC(C)(C)N4C)S2)c1C. The van der Waals surface area contributed by atoms with E-state index in [-0.39, 0.29) is 11.4 Å². The number of nitrogens with one attached hydrogen (secondary N) is 1. The summed E-state index contributed by atoms with van der Waals surface area (Å²) in [6.07, 6.45) is 3.08. The molecule has 156 valence electrons. The third-order valence-electron chi connectivity index (χ3n) is 6.40. The average Bonchev–Trinajstić information content (AvgIpc) is 3.02. The highest BCUT2D eigenvalue weighted by molar-refractivity contribution is 8.18. The number of amides is 1. The first-order valence-corrected chi connectivity index (χ1v) is 11.2. The molecule has 1 atom stereocenters. The van der Waals surface area contributed by atoms with Crippen LogP contribution in [0.5, 0.6) is 0 Å². The largest absolute Gasteiger partial charge is 0.369 e. The van der Waals surface area contributed by atoms with E-state index in [1.165, 1.54) is 28.6 Å². The third-order valence-corrected chi connectivity index (χ3v) is 7.31. The van der Waals surface area contributed by atoms with E-state index < -0.39 is 0 Å². The molecule has 4 rings (SSSR count). The molecule has 0 spiro atoms. The number of amidine groups is 1. The van der Waals surface area contributed by atoms with E-state index in [0.29, 0.717) is 16.0 Å². The summed E-state index contributed by atoms with van der Waals surface area (Å²) in [4.78, 5) is 20.2. The second kappa shape index (κ2) is 7.62. The smallest absolute Gasteiger partial charge is 0.264 e. The molecule has 5 heteroatoms. The molecule has 2 heterocycles. The summed E-state index contributed by atoms with van der Waals surface area (Å²) in [7, 11) is 2.17. The lowest BCUT2D eigenvalue weighted by Crippen LogP contribution is -2.45. The van der Waals surface area contributed by atoms with Gasteiger partial charge in [0.2, 0.25) is 0 Å². The van der Waals surface area contributed by atoms with Crippen LogP contribution in [0.4, 0.5) is 11.4 Å². The van der Waals surface area contributed by atoms with Crippen LogP contribution >= 0.6 is 11.8 Å². The molecule has 4 nitrogen and oxygen atoms in total. The fourth-order valence-electron chi connectivity index (χ4n) is 4.28. The Labute approximate surface area is 183 Å². The minimum absolute atomic E-state index is 0.0897. The van der Waals surface area contributed by atoms with Gasteiger partial charge in [0.25, 0.3) is 5.91 Å². The number of thioether (sulfide) groups is 1. The van der Waals surface area contributed by atoms with Crippen molar-refractivity contribution in [1.82, 2.24) is 5.32 Å². The van der Waals surface area contributed by atoms with Gasteiger partial charge in [0.1, 0.15) is 0 Å². The maximum Gasteiger partial charge on any atom is 0.264 e. The Bertz CT molecular complexity index is 1080. The monoisotopic (exact) mass is 419 g/mol. The van der Waals surface area contributed by atoms with Gasteiger partial charge >= 0.3 is 0 Å². The van der Waals surface area contributed by atoms with Crippen molar-refractivity contribution in [1.29, 1.82) is 0 Å². The van der Waals surface area contributed by atoms with Crippen LogP contribution in [0.3, 0.4) is 0 Å². The van der Waals surface area contributed by atoms with Crippen molar-refractivity contribution < 1.29 is 4.79 Å². The summed E-state index contributed by atoms with van der Waals surface area (Å²) >= 11 is 1.40. The summed E-state index contributed by atoms with van der Waals surface area (Å²) < 4.78 is 0. The number of anilines is 1. The number of fused-ring (bicyclic) bond motifs is 1. The standard InChI is InChI=1S/C25H29N3OS/c1-15-8-7-9-20(17(15)3)26-24-27-23(29)22(30-24)13-18-10-11-21-19(12-18)16(2)14-25(4,5)28(21)6/h7-13,16H,14H2,1-6H3,(H,26,27,29)/b22-13+. The molecule has 2 aliphatic rings. The van der Waals surface area contributed by atoms with Gasteiger partial charge in [-0.3, -0.25) is 4.79 Å². The zero-order chi connectivity index (χ0) is 21.6. The summed E-state index contributed by atoms with van der Waals surface area (Å²) in [5, 5.41) is 3.54. The van der Waals surface area contributed by atoms with Crippen LogP contribution in [0.15, 0.2) is 46.3 Å². The average molecular weight is 420 g/mol. The first-order chi connectivity index (χ1) is 14.2. The maximum absolute atomic E-state index is 12.5. The van der Waals surface area contributed by atoms with E-state index in [1.54, 1.807) is 0 Å². The van der Waals surface area contributed by atoms with Crippen LogP contribution in [0.25, 0.3) is 6.08 Å². The number of carbonyl (C=O) groups is 1. The Balaban J connectivity index is 1.62. The van der Waals surface area contributed by atoms with Gasteiger partial charge in [0.05, 0.1) is 10.6 Å². The molecule has 0 saturated carbocycles. The van der Waals surface area contributed by atoms with Crippen molar-refractivity contribution in [2.75, 3.05) is 11.9 Å². The van der Waals surface area contributed by atoms with Gasteiger partial charge in [0.15, 0.2) is 5.17 Å². The number of carbonyl (C=O) groups excluding carboxylic acids is 1. The van der Waals surface area contributed by atoms with Gasteiger partial charge in [-0.05, 0) is 98.3 Å². The zero-order valence-corrected chi connectivity index (χ0v) is 19.4. The molecule has 2 aromatic rings. The summed E-state index contributed by atoms with van der Waals surface area (Å²) in [5.74, 6) is 0.393. The molecule has 2 aliphatic heterocycles. The van der Waals surface area contributed by atoms with Crippen LogP contribution < -0.4 is 10.2 Å². The van der Waals surface area contributed by atoms with Crippen molar-refractivity contribution in [2.45, 2.75) is 52.5 Å². The Kier molecular flexibility index (Phi) is 5.27.